The third-order valence-electron chi connectivity index (χ3n) is 7.36. The molecule has 0 bridgehead atoms. The predicted molar refractivity (Wildman–Crippen MR) is 163 cm³/mol. The molecule has 1 saturated carbocycles. The van der Waals surface area contributed by atoms with Crippen LogP contribution in [-0.2, 0) is 26.2 Å². The van der Waals surface area contributed by atoms with E-state index < -0.39 is 28.5 Å². The van der Waals surface area contributed by atoms with Gasteiger partial charge in [0.25, 0.3) is 0 Å². The maximum atomic E-state index is 14.0. The number of hydrogen-bond acceptors (Lipinski definition) is 6. The number of anilines is 1. The van der Waals surface area contributed by atoms with Gasteiger partial charge in [-0.3, -0.25) is 13.9 Å². The third kappa shape index (κ3) is 8.25. The Kier molecular flexibility index (Phi) is 10.5. The number of nitrogens with one attached hydrogen (secondary N) is 1. The highest BCUT2D eigenvalue weighted by Gasteiger charge is 2.33. The summed E-state index contributed by atoms with van der Waals surface area (Å²) in [6, 6.07) is 22.3. The summed E-state index contributed by atoms with van der Waals surface area (Å²) in [5.41, 5.74) is 1.08. The van der Waals surface area contributed by atoms with Gasteiger partial charge >= 0.3 is 0 Å². The number of amides is 2. The Labute approximate surface area is 248 Å². The Bertz CT molecular complexity index is 1440. The molecule has 1 atom stereocenters. The van der Waals surface area contributed by atoms with E-state index in [0.717, 1.165) is 41.8 Å². The van der Waals surface area contributed by atoms with Crippen molar-refractivity contribution < 1.29 is 27.5 Å². The van der Waals surface area contributed by atoms with E-state index in [-0.39, 0.29) is 18.5 Å². The molecule has 2 amide bonds. The topological polar surface area (TPSA) is 105 Å². The second kappa shape index (κ2) is 14.2. The summed E-state index contributed by atoms with van der Waals surface area (Å²) >= 11 is 0. The Hall–Kier alpha value is -4.05. The molecule has 1 aliphatic carbocycles. The zero-order valence-electron chi connectivity index (χ0n) is 24.4. The molecular weight excluding hydrogens is 554 g/mol. The predicted octanol–water partition coefficient (Wildman–Crippen LogP) is 5.12. The molecule has 1 unspecified atom stereocenters. The highest BCUT2D eigenvalue weighted by Crippen LogP contribution is 2.26. The van der Waals surface area contributed by atoms with E-state index in [2.05, 4.69) is 5.32 Å². The first-order valence-electron chi connectivity index (χ1n) is 14.2. The molecular formula is C32H39N3O6S. The molecule has 0 spiro atoms. The number of benzene rings is 3. The molecule has 0 heterocycles. The lowest BCUT2D eigenvalue weighted by Gasteiger charge is -2.33. The summed E-state index contributed by atoms with van der Waals surface area (Å²) in [4.78, 5) is 28.9. The van der Waals surface area contributed by atoms with Gasteiger partial charge in [-0.15, -0.1) is 0 Å². The summed E-state index contributed by atoms with van der Waals surface area (Å²) in [6.45, 7) is 1.51. The maximum absolute atomic E-state index is 14.0. The average Bonchev–Trinajstić information content (AvgIpc) is 3.49. The number of carbonyl (C=O) groups is 2. The molecule has 224 valence electrons. The number of methoxy groups -OCH3 is 1. The fourth-order valence-corrected chi connectivity index (χ4v) is 6.02. The molecule has 1 fully saturated rings. The summed E-state index contributed by atoms with van der Waals surface area (Å²) in [5.74, 6) is 1.09. The van der Waals surface area contributed by atoms with E-state index in [9.17, 15) is 18.0 Å². The minimum absolute atomic E-state index is 0.0875. The van der Waals surface area contributed by atoms with Gasteiger partial charge in [0.1, 0.15) is 29.8 Å². The first-order chi connectivity index (χ1) is 20.2. The smallest absolute Gasteiger partial charge is 0.244 e. The van der Waals surface area contributed by atoms with Gasteiger partial charge in [0.2, 0.25) is 21.8 Å². The number of ether oxygens (including phenoxy) is 2. The van der Waals surface area contributed by atoms with Gasteiger partial charge in [0.05, 0.1) is 19.1 Å². The molecule has 1 N–H and O–H groups in total. The Morgan fingerprint density at radius 3 is 2.19 bits per heavy atom. The van der Waals surface area contributed by atoms with Gasteiger partial charge in [-0.25, -0.2) is 8.42 Å². The first kappa shape index (κ1) is 30.9. The van der Waals surface area contributed by atoms with Gasteiger partial charge in [-0.1, -0.05) is 50.1 Å². The lowest BCUT2D eigenvalue weighted by atomic mass is 10.1. The normalized spacial score (nSPS) is 14.2. The minimum atomic E-state index is -3.85. The molecule has 0 aliphatic heterocycles. The summed E-state index contributed by atoms with van der Waals surface area (Å²) in [7, 11) is -2.29. The molecule has 9 nitrogen and oxygen atoms in total. The van der Waals surface area contributed by atoms with Crippen LogP contribution < -0.4 is 19.1 Å². The van der Waals surface area contributed by atoms with E-state index in [1.165, 1.54) is 4.90 Å². The van der Waals surface area contributed by atoms with Crippen molar-refractivity contribution in [2.75, 3.05) is 24.2 Å². The van der Waals surface area contributed by atoms with Gasteiger partial charge in [-0.2, -0.15) is 0 Å². The van der Waals surface area contributed by atoms with Crippen molar-refractivity contribution in [3.63, 3.8) is 0 Å². The van der Waals surface area contributed by atoms with Crippen LogP contribution in [0.25, 0.3) is 0 Å². The Morgan fingerprint density at radius 2 is 1.57 bits per heavy atom. The van der Waals surface area contributed by atoms with E-state index in [1.54, 1.807) is 37.4 Å². The van der Waals surface area contributed by atoms with Crippen molar-refractivity contribution in [2.24, 2.45) is 0 Å². The summed E-state index contributed by atoms with van der Waals surface area (Å²) in [5, 5.41) is 3.11. The second-order valence-electron chi connectivity index (χ2n) is 10.5. The van der Waals surface area contributed by atoms with Crippen molar-refractivity contribution in [1.29, 1.82) is 0 Å². The van der Waals surface area contributed by atoms with Crippen LogP contribution in [0.2, 0.25) is 0 Å². The minimum Gasteiger partial charge on any atom is -0.497 e. The van der Waals surface area contributed by atoms with Gasteiger partial charge in [-0.05, 0) is 73.4 Å². The van der Waals surface area contributed by atoms with Crippen molar-refractivity contribution in [2.45, 2.75) is 57.7 Å². The fourth-order valence-electron chi connectivity index (χ4n) is 5.17. The van der Waals surface area contributed by atoms with Crippen LogP contribution in [0.4, 0.5) is 5.69 Å². The molecule has 4 rings (SSSR count). The number of sulfonamides is 1. The number of rotatable bonds is 13. The standard InChI is InChI=1S/C32H39N3O6S/c1-4-30(32(37)33-25-12-8-9-13-25)34(22-24-11-10-16-29(21-24)40-2)31(36)23-35(42(3,38)39)26-17-19-28(20-18-26)41-27-14-6-5-7-15-27/h5-7,10-11,14-21,25,30H,4,8-9,12-13,22-23H2,1-3H3,(H,33,37). The molecule has 42 heavy (non-hydrogen) atoms. The number of carbonyl (C=O) groups excluding carboxylic acids is 2. The van der Waals surface area contributed by atoms with Crippen LogP contribution in [0.5, 0.6) is 17.2 Å². The first-order valence-corrected chi connectivity index (χ1v) is 16.1. The Balaban J connectivity index is 1.59. The van der Waals surface area contributed by atoms with Crippen LogP contribution in [0, 0.1) is 0 Å². The van der Waals surface area contributed by atoms with E-state index in [1.807, 2.05) is 55.5 Å². The molecule has 3 aromatic carbocycles. The summed E-state index contributed by atoms with van der Waals surface area (Å²) < 4.78 is 38.1. The van der Waals surface area contributed by atoms with Crippen LogP contribution >= 0.6 is 0 Å². The zero-order chi connectivity index (χ0) is 30.1. The largest absolute Gasteiger partial charge is 0.497 e. The van der Waals surface area contributed by atoms with Crippen molar-refractivity contribution in [3.8, 4) is 17.2 Å². The fraction of sp³-hybridized carbons (Fsp3) is 0.375. The zero-order valence-corrected chi connectivity index (χ0v) is 25.2. The quantitative estimate of drug-likeness (QED) is 0.295. The van der Waals surface area contributed by atoms with Crippen LogP contribution in [0.15, 0.2) is 78.9 Å². The lowest BCUT2D eigenvalue weighted by Crippen LogP contribution is -2.53. The van der Waals surface area contributed by atoms with Gasteiger partial charge in [0.15, 0.2) is 0 Å². The van der Waals surface area contributed by atoms with Crippen LogP contribution in [-0.4, -0.2) is 57.1 Å². The molecule has 1 aliphatic rings. The average molecular weight is 594 g/mol. The molecule has 3 aromatic rings. The molecule has 0 saturated heterocycles. The van der Waals surface area contributed by atoms with Gasteiger partial charge in [0, 0.05) is 12.6 Å². The summed E-state index contributed by atoms with van der Waals surface area (Å²) in [6.07, 6.45) is 5.39. The van der Waals surface area contributed by atoms with Crippen LogP contribution in [0.1, 0.15) is 44.6 Å². The van der Waals surface area contributed by atoms with E-state index >= 15 is 0 Å². The monoisotopic (exact) mass is 593 g/mol. The second-order valence-corrected chi connectivity index (χ2v) is 12.4. The number of hydrogen-bond donors (Lipinski definition) is 1. The molecule has 0 radical (unpaired) electrons. The van der Waals surface area contributed by atoms with E-state index in [0.29, 0.717) is 29.4 Å². The highest BCUT2D eigenvalue weighted by atomic mass is 32.2. The number of nitrogens with zero attached hydrogens (tertiary/aromatic N) is 2. The third-order valence-corrected chi connectivity index (χ3v) is 8.50. The van der Waals surface area contributed by atoms with Crippen molar-refractivity contribution in [3.05, 3.63) is 84.4 Å². The maximum Gasteiger partial charge on any atom is 0.244 e. The SMILES string of the molecule is CCC(C(=O)NC1CCCC1)N(Cc1cccc(OC)c1)C(=O)CN(c1ccc(Oc2ccccc2)cc1)S(C)(=O)=O. The van der Waals surface area contributed by atoms with Crippen molar-refractivity contribution >= 4 is 27.5 Å². The Morgan fingerprint density at radius 1 is 0.929 bits per heavy atom. The highest BCUT2D eigenvalue weighted by molar-refractivity contribution is 7.92. The van der Waals surface area contributed by atoms with Crippen molar-refractivity contribution in [1.82, 2.24) is 10.2 Å². The lowest BCUT2D eigenvalue weighted by molar-refractivity contribution is -0.140. The molecule has 0 aromatic heterocycles. The van der Waals surface area contributed by atoms with Gasteiger partial charge < -0.3 is 19.7 Å². The molecule has 10 heteroatoms. The van der Waals surface area contributed by atoms with E-state index in [4.69, 9.17) is 9.47 Å². The number of para-hydroxylation sites is 1. The van der Waals surface area contributed by atoms with Crippen LogP contribution in [0.3, 0.4) is 0 Å².